The van der Waals surface area contributed by atoms with Crippen LogP contribution in [-0.4, -0.2) is 67.5 Å². The zero-order valence-electron chi connectivity index (χ0n) is 24.7. The number of nitrogens with one attached hydrogen (secondary N) is 2. The number of carbonyl (C=O) groups is 2. The van der Waals surface area contributed by atoms with Crippen molar-refractivity contribution in [1.29, 1.82) is 0 Å². The number of rotatable bonds is 12. The van der Waals surface area contributed by atoms with E-state index >= 15 is 0 Å². The molecule has 3 aromatic rings. The minimum atomic E-state index is -1.73. The van der Waals surface area contributed by atoms with Gasteiger partial charge in [-0.05, 0) is 56.9 Å². The highest BCUT2D eigenvalue weighted by Gasteiger charge is 2.48. The van der Waals surface area contributed by atoms with Gasteiger partial charge in [-0.15, -0.1) is 0 Å². The monoisotopic (exact) mass is 574 g/mol. The predicted octanol–water partition coefficient (Wildman–Crippen LogP) is 2.86. The average molecular weight is 574 g/mol. The molecule has 0 bridgehead atoms. The van der Waals surface area contributed by atoms with Gasteiger partial charge in [-0.2, -0.15) is 5.10 Å². The van der Waals surface area contributed by atoms with Gasteiger partial charge in [0.15, 0.2) is 0 Å². The molecule has 1 aromatic carbocycles. The fourth-order valence-electron chi connectivity index (χ4n) is 5.02. The molecule has 1 unspecified atom stereocenters. The van der Waals surface area contributed by atoms with Gasteiger partial charge in [0.1, 0.15) is 11.4 Å². The quantitative estimate of drug-likeness (QED) is 0.243. The van der Waals surface area contributed by atoms with Gasteiger partial charge >= 0.3 is 7.12 Å². The molecule has 4 N–H and O–H groups in total. The summed E-state index contributed by atoms with van der Waals surface area (Å²) in [7, 11) is -1.73. The number of aryl methyl sites for hydroxylation is 1. The van der Waals surface area contributed by atoms with Crippen molar-refractivity contribution in [3.05, 3.63) is 71.5 Å². The van der Waals surface area contributed by atoms with Gasteiger partial charge in [-0.3, -0.25) is 19.3 Å². The summed E-state index contributed by atoms with van der Waals surface area (Å²) in [6.07, 6.45) is 2.38. The first-order valence-electron chi connectivity index (χ1n) is 14.2. The summed E-state index contributed by atoms with van der Waals surface area (Å²) in [5, 5.41) is 34.3. The second-order valence-corrected chi connectivity index (χ2v) is 11.6. The summed E-state index contributed by atoms with van der Waals surface area (Å²) in [6.45, 7) is 9.77. The van der Waals surface area contributed by atoms with Crippen molar-refractivity contribution in [3.8, 4) is 11.4 Å². The van der Waals surface area contributed by atoms with E-state index in [1.165, 1.54) is 0 Å². The van der Waals surface area contributed by atoms with Crippen molar-refractivity contribution in [2.24, 2.45) is 11.1 Å². The predicted molar refractivity (Wildman–Crippen MR) is 161 cm³/mol. The third kappa shape index (κ3) is 7.43. The molecule has 1 aliphatic heterocycles. The molecule has 1 aliphatic rings. The molecular weight excluding hydrogens is 535 g/mol. The molecule has 12 heteroatoms. The number of benzene rings is 1. The van der Waals surface area contributed by atoms with Crippen LogP contribution >= 0.6 is 0 Å². The first-order valence-corrected chi connectivity index (χ1v) is 14.2. The molecule has 0 fully saturated rings. The Labute approximate surface area is 246 Å². The summed E-state index contributed by atoms with van der Waals surface area (Å²) in [5.41, 5.74) is 2.61. The van der Waals surface area contributed by atoms with E-state index in [2.05, 4.69) is 25.9 Å². The maximum Gasteiger partial charge on any atom is 0.475 e. The second kappa shape index (κ2) is 13.3. The molecular formula is C30H39BN6O5. The summed E-state index contributed by atoms with van der Waals surface area (Å²) in [6, 6.07) is 14.9. The molecule has 0 spiro atoms. The molecule has 3 heterocycles. The van der Waals surface area contributed by atoms with E-state index in [4.69, 9.17) is 4.84 Å². The Morgan fingerprint density at radius 2 is 1.88 bits per heavy atom. The topological polar surface area (TPSA) is 151 Å². The molecule has 0 saturated carbocycles. The van der Waals surface area contributed by atoms with Crippen LogP contribution in [-0.2, 0) is 16.1 Å². The van der Waals surface area contributed by atoms with Crippen LogP contribution in [0.5, 0.6) is 0 Å². The van der Waals surface area contributed by atoms with Gasteiger partial charge < -0.3 is 25.5 Å². The summed E-state index contributed by atoms with van der Waals surface area (Å²) in [5.74, 6) is -1.59. The first-order chi connectivity index (χ1) is 20.0. The van der Waals surface area contributed by atoms with Crippen LogP contribution in [0.2, 0.25) is 0 Å². The van der Waals surface area contributed by atoms with Crippen molar-refractivity contribution in [2.75, 3.05) is 6.54 Å². The fraction of sp³-hybridized carbons (Fsp3) is 0.433. The SMILES string of the molecule is Cc1cccc(CC2(C(=O)N[C@@H](CC(C)C)B(O)O)CC(CNC(=O)c3cc(-c4ccccn4)nn3C(C)C)=NO2)c1. The van der Waals surface area contributed by atoms with E-state index in [0.717, 1.165) is 11.1 Å². The highest BCUT2D eigenvalue weighted by molar-refractivity contribution is 6.43. The first kappa shape index (κ1) is 30.9. The number of hydrogen-bond acceptors (Lipinski definition) is 8. The highest BCUT2D eigenvalue weighted by Crippen LogP contribution is 2.30. The zero-order valence-corrected chi connectivity index (χ0v) is 24.7. The van der Waals surface area contributed by atoms with Crippen molar-refractivity contribution in [1.82, 2.24) is 25.4 Å². The van der Waals surface area contributed by atoms with E-state index in [-0.39, 0.29) is 37.3 Å². The van der Waals surface area contributed by atoms with Crippen LogP contribution in [0.3, 0.4) is 0 Å². The lowest BCUT2D eigenvalue weighted by Crippen LogP contribution is -2.56. The number of amides is 2. The Morgan fingerprint density at radius 1 is 1.10 bits per heavy atom. The lowest BCUT2D eigenvalue weighted by molar-refractivity contribution is -0.144. The number of nitrogens with zero attached hydrogens (tertiary/aromatic N) is 4. The number of carbonyl (C=O) groups excluding carboxylic acids is 2. The van der Waals surface area contributed by atoms with Crippen molar-refractivity contribution in [2.45, 2.75) is 71.5 Å². The molecule has 0 saturated heterocycles. The van der Waals surface area contributed by atoms with Crippen LogP contribution < -0.4 is 10.6 Å². The van der Waals surface area contributed by atoms with Crippen LogP contribution in [0.4, 0.5) is 0 Å². The van der Waals surface area contributed by atoms with Gasteiger partial charge in [0.05, 0.1) is 23.9 Å². The lowest BCUT2D eigenvalue weighted by Gasteiger charge is -2.29. The third-order valence-corrected chi connectivity index (χ3v) is 7.06. The van der Waals surface area contributed by atoms with E-state index in [9.17, 15) is 19.6 Å². The minimum Gasteiger partial charge on any atom is -0.426 e. The maximum absolute atomic E-state index is 13.7. The van der Waals surface area contributed by atoms with E-state index < -0.39 is 24.6 Å². The standard InChI is InChI=1S/C30H39BN6O5/c1-19(2)13-27(31(40)41)34-29(39)30(16-22-10-8-9-21(5)14-22)17-23(36-42-30)18-33-28(38)26-15-25(35-37(26)20(3)4)24-11-6-7-12-32-24/h6-12,14-15,19-20,27,40-41H,13,16-18H2,1-5H3,(H,33,38)(H,34,39)/t27-,30?/m0/s1. The maximum atomic E-state index is 13.7. The number of hydrogen-bond donors (Lipinski definition) is 4. The number of pyridine rings is 1. The van der Waals surface area contributed by atoms with Crippen molar-refractivity contribution < 1.29 is 24.5 Å². The largest absolute Gasteiger partial charge is 0.475 e. The van der Waals surface area contributed by atoms with Crippen LogP contribution in [0.25, 0.3) is 11.4 Å². The fourth-order valence-corrected chi connectivity index (χ4v) is 5.02. The average Bonchev–Trinajstić information content (AvgIpc) is 3.57. The van der Waals surface area contributed by atoms with Crippen molar-refractivity contribution in [3.63, 3.8) is 0 Å². The minimum absolute atomic E-state index is 0.0575. The molecule has 11 nitrogen and oxygen atoms in total. The molecule has 2 aromatic heterocycles. The molecule has 42 heavy (non-hydrogen) atoms. The number of oxime groups is 1. The van der Waals surface area contributed by atoms with Gasteiger partial charge in [0.25, 0.3) is 11.8 Å². The normalized spacial score (nSPS) is 17.1. The van der Waals surface area contributed by atoms with Gasteiger partial charge in [-0.1, -0.05) is 54.9 Å². The molecule has 0 aliphatic carbocycles. The summed E-state index contributed by atoms with van der Waals surface area (Å²) < 4.78 is 1.65. The van der Waals surface area contributed by atoms with Gasteiger partial charge in [0, 0.05) is 25.1 Å². The second-order valence-electron chi connectivity index (χ2n) is 11.6. The highest BCUT2D eigenvalue weighted by atomic mass is 16.7. The van der Waals surface area contributed by atoms with Crippen LogP contribution in [0, 0.1) is 12.8 Å². The smallest absolute Gasteiger partial charge is 0.426 e. The Balaban J connectivity index is 1.51. The molecule has 0 radical (unpaired) electrons. The molecule has 4 rings (SSSR count). The molecule has 222 valence electrons. The summed E-state index contributed by atoms with van der Waals surface area (Å²) in [4.78, 5) is 37.2. The Bertz CT molecular complexity index is 1420. The Kier molecular flexibility index (Phi) is 9.79. The zero-order chi connectivity index (χ0) is 30.4. The van der Waals surface area contributed by atoms with Gasteiger partial charge in [0.2, 0.25) is 5.60 Å². The Hall–Kier alpha value is -4.03. The van der Waals surface area contributed by atoms with E-state index in [1.807, 2.05) is 77.1 Å². The van der Waals surface area contributed by atoms with Crippen LogP contribution in [0.15, 0.2) is 59.9 Å². The van der Waals surface area contributed by atoms with Gasteiger partial charge in [-0.25, -0.2) is 0 Å². The third-order valence-electron chi connectivity index (χ3n) is 7.06. The Morgan fingerprint density at radius 3 is 2.52 bits per heavy atom. The summed E-state index contributed by atoms with van der Waals surface area (Å²) >= 11 is 0. The number of aromatic nitrogens is 3. The molecule has 2 atom stereocenters. The van der Waals surface area contributed by atoms with E-state index in [0.29, 0.717) is 29.2 Å². The van der Waals surface area contributed by atoms with E-state index in [1.54, 1.807) is 16.9 Å². The van der Waals surface area contributed by atoms with Crippen molar-refractivity contribution >= 4 is 24.6 Å². The lowest BCUT2D eigenvalue weighted by atomic mass is 9.74. The van der Waals surface area contributed by atoms with Crippen LogP contribution in [0.1, 0.15) is 68.2 Å². The molecule has 2 amide bonds.